The highest BCUT2D eigenvalue weighted by Crippen LogP contribution is 2.24. The predicted octanol–water partition coefficient (Wildman–Crippen LogP) is 2.32. The van der Waals surface area contributed by atoms with Crippen LogP contribution < -0.4 is 0 Å². The number of aromatic nitrogens is 2. The average molecular weight is 343 g/mol. The summed E-state index contributed by atoms with van der Waals surface area (Å²) in [5.74, 6) is -1.56. The summed E-state index contributed by atoms with van der Waals surface area (Å²) >= 11 is 3.09. The third-order valence-corrected chi connectivity index (χ3v) is 3.47. The lowest BCUT2D eigenvalue weighted by atomic mass is 10.2. The summed E-state index contributed by atoms with van der Waals surface area (Å²) in [5, 5.41) is 22.0. The third-order valence-electron chi connectivity index (χ3n) is 2.86. The van der Waals surface area contributed by atoms with Gasteiger partial charge in [-0.2, -0.15) is 5.10 Å². The van der Waals surface area contributed by atoms with E-state index < -0.39 is 11.8 Å². The number of hydrogen-bond donors (Lipinski definition) is 2. The number of aryl methyl sites for hydroxylation is 1. The van der Waals surface area contributed by atoms with Crippen molar-refractivity contribution in [1.29, 1.82) is 0 Å². The molecule has 0 spiro atoms. The zero-order valence-electron chi connectivity index (χ0n) is 10.6. The van der Waals surface area contributed by atoms with Crippen molar-refractivity contribution in [3.05, 3.63) is 45.4 Å². The standard InChI is InChI=1S/C13H12BrFN2O3/c1-7-4-10(15)9(14)5-11(7)17-6-8(2-3-18)12(16-17)13(19)20/h4-6,18H,2-3H2,1H3,(H,19,20). The quantitative estimate of drug-likeness (QED) is 0.893. The van der Waals surface area contributed by atoms with Gasteiger partial charge >= 0.3 is 5.97 Å². The number of carboxylic acid groups (broad SMARTS) is 1. The number of carboxylic acids is 1. The maximum atomic E-state index is 13.4. The lowest BCUT2D eigenvalue weighted by molar-refractivity contribution is 0.0688. The van der Waals surface area contributed by atoms with Gasteiger partial charge in [-0.05, 0) is 47.0 Å². The molecule has 0 saturated heterocycles. The van der Waals surface area contributed by atoms with Crippen LogP contribution in [0.25, 0.3) is 5.69 Å². The van der Waals surface area contributed by atoms with Gasteiger partial charge in [0.2, 0.25) is 0 Å². The van der Waals surface area contributed by atoms with Gasteiger partial charge < -0.3 is 10.2 Å². The van der Waals surface area contributed by atoms with Gasteiger partial charge in [-0.1, -0.05) is 0 Å². The fraction of sp³-hybridized carbons (Fsp3) is 0.231. The van der Waals surface area contributed by atoms with E-state index in [1.807, 2.05) is 0 Å². The highest BCUT2D eigenvalue weighted by atomic mass is 79.9. The number of carbonyl (C=O) groups is 1. The largest absolute Gasteiger partial charge is 0.476 e. The summed E-state index contributed by atoms with van der Waals surface area (Å²) < 4.78 is 15.1. The molecule has 20 heavy (non-hydrogen) atoms. The van der Waals surface area contributed by atoms with Gasteiger partial charge in [0.15, 0.2) is 5.69 Å². The average Bonchev–Trinajstić information content (AvgIpc) is 2.78. The van der Waals surface area contributed by atoms with E-state index in [2.05, 4.69) is 21.0 Å². The van der Waals surface area contributed by atoms with E-state index in [1.165, 1.54) is 23.0 Å². The number of nitrogens with zero attached hydrogens (tertiary/aromatic N) is 2. The maximum absolute atomic E-state index is 13.4. The molecule has 1 aromatic heterocycles. The first-order valence-electron chi connectivity index (χ1n) is 5.82. The Kier molecular flexibility index (Phi) is 4.20. The Morgan fingerprint density at radius 3 is 2.80 bits per heavy atom. The molecule has 106 valence electrons. The van der Waals surface area contributed by atoms with Crippen LogP contribution in [0, 0.1) is 12.7 Å². The first kappa shape index (κ1) is 14.7. The van der Waals surface area contributed by atoms with Crippen LogP contribution in [0.4, 0.5) is 4.39 Å². The smallest absolute Gasteiger partial charge is 0.356 e. The molecule has 0 amide bonds. The SMILES string of the molecule is Cc1cc(F)c(Br)cc1-n1cc(CCO)c(C(=O)O)n1. The van der Waals surface area contributed by atoms with Gasteiger partial charge in [-0.15, -0.1) is 0 Å². The van der Waals surface area contributed by atoms with E-state index in [0.717, 1.165) is 0 Å². The molecule has 0 aliphatic heterocycles. The number of halogens is 2. The molecular weight excluding hydrogens is 331 g/mol. The van der Waals surface area contributed by atoms with E-state index >= 15 is 0 Å². The van der Waals surface area contributed by atoms with Gasteiger partial charge in [0.1, 0.15) is 5.82 Å². The minimum atomic E-state index is -1.16. The highest BCUT2D eigenvalue weighted by Gasteiger charge is 2.17. The Hall–Kier alpha value is -1.73. The van der Waals surface area contributed by atoms with Gasteiger partial charge in [0.25, 0.3) is 0 Å². The summed E-state index contributed by atoms with van der Waals surface area (Å²) in [6.45, 7) is 1.54. The lowest BCUT2D eigenvalue weighted by Crippen LogP contribution is -2.04. The van der Waals surface area contributed by atoms with E-state index in [9.17, 15) is 9.18 Å². The van der Waals surface area contributed by atoms with Crippen molar-refractivity contribution in [2.24, 2.45) is 0 Å². The van der Waals surface area contributed by atoms with Gasteiger partial charge in [0, 0.05) is 18.4 Å². The Morgan fingerprint density at radius 1 is 1.50 bits per heavy atom. The second-order valence-electron chi connectivity index (χ2n) is 4.28. The van der Waals surface area contributed by atoms with E-state index in [4.69, 9.17) is 10.2 Å². The summed E-state index contributed by atoms with van der Waals surface area (Å²) in [5.41, 5.74) is 1.52. The molecule has 0 saturated carbocycles. The van der Waals surface area contributed by atoms with Gasteiger partial charge in [-0.3, -0.25) is 0 Å². The van der Waals surface area contributed by atoms with Crippen molar-refractivity contribution < 1.29 is 19.4 Å². The second kappa shape index (κ2) is 5.72. The molecule has 2 aromatic rings. The summed E-state index contributed by atoms with van der Waals surface area (Å²) in [7, 11) is 0. The molecule has 0 bridgehead atoms. The topological polar surface area (TPSA) is 75.4 Å². The maximum Gasteiger partial charge on any atom is 0.356 e. The Bertz CT molecular complexity index is 670. The zero-order chi connectivity index (χ0) is 14.9. The Labute approximate surface area is 122 Å². The molecule has 0 unspecified atom stereocenters. The van der Waals surface area contributed by atoms with Gasteiger partial charge in [-0.25, -0.2) is 13.9 Å². The number of hydrogen-bond acceptors (Lipinski definition) is 3. The molecule has 2 rings (SSSR count). The van der Waals surface area contributed by atoms with Crippen molar-refractivity contribution in [3.63, 3.8) is 0 Å². The molecule has 0 radical (unpaired) electrons. The van der Waals surface area contributed by atoms with Crippen LogP contribution in [0.15, 0.2) is 22.8 Å². The van der Waals surface area contributed by atoms with Gasteiger partial charge in [0.05, 0.1) is 10.2 Å². The van der Waals surface area contributed by atoms with Crippen molar-refractivity contribution in [3.8, 4) is 5.69 Å². The lowest BCUT2D eigenvalue weighted by Gasteiger charge is -2.07. The number of aromatic carboxylic acids is 1. The minimum absolute atomic E-state index is 0.112. The van der Waals surface area contributed by atoms with Crippen molar-refractivity contribution >= 4 is 21.9 Å². The van der Waals surface area contributed by atoms with Crippen LogP contribution in [0.5, 0.6) is 0 Å². The summed E-state index contributed by atoms with van der Waals surface area (Å²) in [6, 6.07) is 2.87. The monoisotopic (exact) mass is 342 g/mol. The Balaban J connectivity index is 2.56. The predicted molar refractivity (Wildman–Crippen MR) is 73.7 cm³/mol. The molecule has 0 aliphatic carbocycles. The fourth-order valence-electron chi connectivity index (χ4n) is 1.90. The van der Waals surface area contributed by atoms with E-state index in [-0.39, 0.29) is 23.2 Å². The van der Waals surface area contributed by atoms with Crippen LogP contribution in [0.2, 0.25) is 0 Å². The van der Waals surface area contributed by atoms with Crippen molar-refractivity contribution in [2.75, 3.05) is 6.61 Å². The van der Waals surface area contributed by atoms with Crippen LogP contribution >= 0.6 is 15.9 Å². The van der Waals surface area contributed by atoms with Crippen LogP contribution in [-0.4, -0.2) is 32.6 Å². The molecule has 7 heteroatoms. The van der Waals surface area contributed by atoms with Crippen LogP contribution in [0.3, 0.4) is 0 Å². The normalized spacial score (nSPS) is 10.8. The van der Waals surface area contributed by atoms with Crippen molar-refractivity contribution in [2.45, 2.75) is 13.3 Å². The third kappa shape index (κ3) is 2.73. The van der Waals surface area contributed by atoms with Crippen molar-refractivity contribution in [1.82, 2.24) is 9.78 Å². The number of aliphatic hydroxyl groups excluding tert-OH is 1. The van der Waals surface area contributed by atoms with Crippen LogP contribution in [-0.2, 0) is 6.42 Å². The minimum Gasteiger partial charge on any atom is -0.476 e. The highest BCUT2D eigenvalue weighted by molar-refractivity contribution is 9.10. The number of benzene rings is 1. The van der Waals surface area contributed by atoms with E-state index in [0.29, 0.717) is 16.8 Å². The van der Waals surface area contributed by atoms with E-state index in [1.54, 1.807) is 6.92 Å². The Morgan fingerprint density at radius 2 is 2.20 bits per heavy atom. The zero-order valence-corrected chi connectivity index (χ0v) is 12.2. The summed E-state index contributed by atoms with van der Waals surface area (Å²) in [6.07, 6.45) is 1.73. The molecule has 2 N–H and O–H groups in total. The first-order chi connectivity index (χ1) is 9.43. The molecule has 0 atom stereocenters. The molecule has 1 aromatic carbocycles. The number of aliphatic hydroxyl groups is 1. The fourth-order valence-corrected chi connectivity index (χ4v) is 2.23. The second-order valence-corrected chi connectivity index (χ2v) is 5.13. The number of rotatable bonds is 4. The first-order valence-corrected chi connectivity index (χ1v) is 6.62. The molecule has 0 aliphatic rings. The molecule has 5 nitrogen and oxygen atoms in total. The molecule has 1 heterocycles. The summed E-state index contributed by atoms with van der Waals surface area (Å²) in [4.78, 5) is 11.1. The molecule has 0 fully saturated rings. The van der Waals surface area contributed by atoms with Crippen LogP contribution in [0.1, 0.15) is 21.6 Å². The molecular formula is C13H12BrFN2O3.